The number of nitrogens with zero attached hydrogens (tertiary/aromatic N) is 4. The second kappa shape index (κ2) is 7.50. The zero-order valence-corrected chi connectivity index (χ0v) is 15.6. The quantitative estimate of drug-likeness (QED) is 0.676. The molecule has 138 valence electrons. The Balaban J connectivity index is 1.44. The maximum Gasteiger partial charge on any atom is 0.194 e. The van der Waals surface area contributed by atoms with Gasteiger partial charge in [-0.3, -0.25) is 9.67 Å². The lowest BCUT2D eigenvalue weighted by Gasteiger charge is -2.35. The van der Waals surface area contributed by atoms with E-state index in [9.17, 15) is 0 Å². The summed E-state index contributed by atoms with van der Waals surface area (Å²) in [5, 5.41) is 7.73. The maximum absolute atomic E-state index is 5.96. The molecule has 2 atom stereocenters. The molecule has 6 nitrogen and oxygen atoms in total. The number of guanidine groups is 1. The Morgan fingerprint density at radius 1 is 1.38 bits per heavy atom. The molecule has 4 rings (SSSR count). The lowest BCUT2D eigenvalue weighted by Crippen LogP contribution is -2.48. The summed E-state index contributed by atoms with van der Waals surface area (Å²) < 4.78 is 7.79. The Bertz CT molecular complexity index is 784. The molecule has 0 amide bonds. The van der Waals surface area contributed by atoms with E-state index in [-0.39, 0.29) is 6.10 Å². The fourth-order valence-electron chi connectivity index (χ4n) is 3.80. The number of fused-ring (bicyclic) bond motifs is 1. The van der Waals surface area contributed by atoms with E-state index in [1.807, 2.05) is 24.1 Å². The highest BCUT2D eigenvalue weighted by Crippen LogP contribution is 2.34. The average Bonchev–Trinajstić information content (AvgIpc) is 3.08. The molecule has 1 aliphatic carbocycles. The van der Waals surface area contributed by atoms with Gasteiger partial charge in [-0.1, -0.05) is 24.3 Å². The number of benzene rings is 1. The van der Waals surface area contributed by atoms with Crippen LogP contribution < -0.4 is 5.32 Å². The fraction of sp³-hybridized carbons (Fsp3) is 0.500. The minimum Gasteiger partial charge on any atom is -0.370 e. The van der Waals surface area contributed by atoms with Gasteiger partial charge in [0.25, 0.3) is 0 Å². The molecule has 2 aliphatic rings. The van der Waals surface area contributed by atoms with Crippen LogP contribution in [0.2, 0.25) is 0 Å². The zero-order valence-electron chi connectivity index (χ0n) is 15.6. The second-order valence-electron chi connectivity index (χ2n) is 7.05. The summed E-state index contributed by atoms with van der Waals surface area (Å²) in [4.78, 5) is 7.26. The number of ether oxygens (including phenoxy) is 1. The number of rotatable bonds is 4. The monoisotopic (exact) mass is 353 g/mol. The van der Waals surface area contributed by atoms with Crippen molar-refractivity contribution in [2.75, 3.05) is 32.8 Å². The molecule has 6 heteroatoms. The summed E-state index contributed by atoms with van der Waals surface area (Å²) in [5.74, 6) is 1.55. The van der Waals surface area contributed by atoms with Crippen molar-refractivity contribution in [1.29, 1.82) is 0 Å². The van der Waals surface area contributed by atoms with Gasteiger partial charge in [-0.15, -0.1) is 0 Å². The Morgan fingerprint density at radius 2 is 2.27 bits per heavy atom. The molecule has 2 heterocycles. The van der Waals surface area contributed by atoms with Crippen LogP contribution in [-0.2, 0) is 18.2 Å². The van der Waals surface area contributed by atoms with E-state index in [2.05, 4.69) is 46.5 Å². The van der Waals surface area contributed by atoms with Crippen molar-refractivity contribution in [2.24, 2.45) is 12.0 Å². The third kappa shape index (κ3) is 3.46. The van der Waals surface area contributed by atoms with E-state index in [1.165, 1.54) is 11.1 Å². The standard InChI is InChI=1S/C20H27N5O/c1-3-21-20(22-11-16-10-15-6-4-5-7-18(15)16)25-8-9-26-19(14-25)17-12-23-24(2)13-17/h4-7,12-13,16,19H,3,8-11,14H2,1-2H3,(H,21,22). The molecule has 1 aromatic carbocycles. The lowest BCUT2D eigenvalue weighted by molar-refractivity contribution is -0.00805. The molecule has 26 heavy (non-hydrogen) atoms. The van der Waals surface area contributed by atoms with Gasteiger partial charge in [-0.25, -0.2) is 0 Å². The highest BCUT2D eigenvalue weighted by molar-refractivity contribution is 5.80. The molecular weight excluding hydrogens is 326 g/mol. The average molecular weight is 353 g/mol. The molecule has 1 fully saturated rings. The summed E-state index contributed by atoms with van der Waals surface area (Å²) in [5.41, 5.74) is 4.06. The van der Waals surface area contributed by atoms with Crippen molar-refractivity contribution in [3.05, 3.63) is 53.3 Å². The van der Waals surface area contributed by atoms with Gasteiger partial charge in [0, 0.05) is 44.4 Å². The van der Waals surface area contributed by atoms with Crippen molar-refractivity contribution in [2.45, 2.75) is 25.4 Å². The molecule has 1 aromatic heterocycles. The van der Waals surface area contributed by atoms with E-state index in [0.717, 1.165) is 44.1 Å². The predicted molar refractivity (Wildman–Crippen MR) is 102 cm³/mol. The minimum absolute atomic E-state index is 0.0470. The van der Waals surface area contributed by atoms with Gasteiger partial charge in [0.1, 0.15) is 6.10 Å². The van der Waals surface area contributed by atoms with Crippen LogP contribution in [0, 0.1) is 0 Å². The van der Waals surface area contributed by atoms with E-state index >= 15 is 0 Å². The van der Waals surface area contributed by atoms with Gasteiger partial charge in [0.2, 0.25) is 0 Å². The number of aliphatic imine (C=N–C) groups is 1. The van der Waals surface area contributed by atoms with Gasteiger partial charge in [0.05, 0.1) is 19.3 Å². The lowest BCUT2D eigenvalue weighted by atomic mass is 9.78. The summed E-state index contributed by atoms with van der Waals surface area (Å²) in [6.45, 7) is 6.20. The number of aryl methyl sites for hydroxylation is 1. The topological polar surface area (TPSA) is 54.7 Å². The Morgan fingerprint density at radius 3 is 3.04 bits per heavy atom. The third-order valence-electron chi connectivity index (χ3n) is 5.22. The zero-order chi connectivity index (χ0) is 17.9. The van der Waals surface area contributed by atoms with Crippen LogP contribution >= 0.6 is 0 Å². The predicted octanol–water partition coefficient (Wildman–Crippen LogP) is 2.10. The first kappa shape index (κ1) is 17.1. The van der Waals surface area contributed by atoms with Crippen LogP contribution in [0.1, 0.15) is 35.6 Å². The number of aromatic nitrogens is 2. The van der Waals surface area contributed by atoms with Gasteiger partial charge in [0.15, 0.2) is 5.96 Å². The van der Waals surface area contributed by atoms with Crippen LogP contribution in [0.5, 0.6) is 0 Å². The third-order valence-corrected chi connectivity index (χ3v) is 5.22. The van der Waals surface area contributed by atoms with Crippen LogP contribution in [0.3, 0.4) is 0 Å². The first-order valence-corrected chi connectivity index (χ1v) is 9.45. The molecule has 1 N–H and O–H groups in total. The molecule has 1 saturated heterocycles. The van der Waals surface area contributed by atoms with Crippen LogP contribution in [0.4, 0.5) is 0 Å². The van der Waals surface area contributed by atoms with Gasteiger partial charge >= 0.3 is 0 Å². The Labute approximate surface area is 154 Å². The van der Waals surface area contributed by atoms with Crippen molar-refractivity contribution >= 4 is 5.96 Å². The summed E-state index contributed by atoms with van der Waals surface area (Å²) in [6.07, 6.45) is 5.11. The van der Waals surface area contributed by atoms with Crippen molar-refractivity contribution < 1.29 is 4.74 Å². The summed E-state index contributed by atoms with van der Waals surface area (Å²) in [7, 11) is 1.94. The largest absolute Gasteiger partial charge is 0.370 e. The SMILES string of the molecule is CCNC(=NCC1Cc2ccccc21)N1CCOC(c2cnn(C)c2)C1. The normalized spacial score (nSPS) is 22.7. The van der Waals surface area contributed by atoms with Crippen LogP contribution in [0.15, 0.2) is 41.7 Å². The van der Waals surface area contributed by atoms with E-state index < -0.39 is 0 Å². The van der Waals surface area contributed by atoms with Gasteiger partial charge in [-0.2, -0.15) is 5.10 Å². The molecule has 0 spiro atoms. The van der Waals surface area contributed by atoms with Crippen LogP contribution in [-0.4, -0.2) is 53.4 Å². The number of morpholine rings is 1. The second-order valence-corrected chi connectivity index (χ2v) is 7.05. The molecule has 2 aromatic rings. The van der Waals surface area contributed by atoms with Crippen molar-refractivity contribution in [1.82, 2.24) is 20.0 Å². The smallest absolute Gasteiger partial charge is 0.194 e. The van der Waals surface area contributed by atoms with Crippen LogP contribution in [0.25, 0.3) is 0 Å². The highest BCUT2D eigenvalue weighted by Gasteiger charge is 2.27. The maximum atomic E-state index is 5.96. The Hall–Kier alpha value is -2.34. The van der Waals surface area contributed by atoms with Crippen molar-refractivity contribution in [3.8, 4) is 0 Å². The van der Waals surface area contributed by atoms with Crippen molar-refractivity contribution in [3.63, 3.8) is 0 Å². The molecule has 1 aliphatic heterocycles. The molecule has 2 unspecified atom stereocenters. The van der Waals surface area contributed by atoms with Gasteiger partial charge < -0.3 is 15.0 Å². The fourth-order valence-corrected chi connectivity index (χ4v) is 3.80. The molecular formula is C20H27N5O. The molecule has 0 bridgehead atoms. The van der Waals surface area contributed by atoms with Gasteiger partial charge in [-0.05, 0) is 24.5 Å². The van der Waals surface area contributed by atoms with E-state index in [1.54, 1.807) is 0 Å². The first-order chi connectivity index (χ1) is 12.7. The number of nitrogens with one attached hydrogen (secondary N) is 1. The number of hydrogen-bond acceptors (Lipinski definition) is 3. The highest BCUT2D eigenvalue weighted by atomic mass is 16.5. The Kier molecular flexibility index (Phi) is 4.93. The summed E-state index contributed by atoms with van der Waals surface area (Å²) >= 11 is 0. The van der Waals surface area contributed by atoms with E-state index in [0.29, 0.717) is 12.5 Å². The first-order valence-electron chi connectivity index (χ1n) is 9.45. The van der Waals surface area contributed by atoms with E-state index in [4.69, 9.17) is 9.73 Å². The molecule has 0 saturated carbocycles. The minimum atomic E-state index is 0.0470. The summed E-state index contributed by atoms with van der Waals surface area (Å²) in [6, 6.07) is 8.70. The molecule has 0 radical (unpaired) electrons. The number of hydrogen-bond donors (Lipinski definition) is 1.